The molecule has 0 atom stereocenters. The number of para-hydroxylation sites is 1. The number of rotatable bonds is 3. The van der Waals surface area contributed by atoms with Gasteiger partial charge in [-0.3, -0.25) is 4.79 Å². The Labute approximate surface area is 117 Å². The third-order valence-electron chi connectivity index (χ3n) is 3.78. The fourth-order valence-electron chi connectivity index (χ4n) is 2.39. The number of nitrogens with zero attached hydrogens (tertiary/aromatic N) is 1. The molecule has 0 spiro atoms. The Morgan fingerprint density at radius 1 is 1.26 bits per heavy atom. The standard InChI is InChI=1S/C15H15ClN2O/c16-10-15(8-3-9-15)18-14(19)13-7-6-11-4-1-2-5-12(11)17-13/h1-2,4-7H,3,8-10H2,(H,18,19). The lowest BCUT2D eigenvalue weighted by Gasteiger charge is -2.40. The molecule has 1 fully saturated rings. The molecule has 3 nitrogen and oxygen atoms in total. The number of hydrogen-bond acceptors (Lipinski definition) is 2. The van der Waals surface area contributed by atoms with Crippen LogP contribution in [0, 0.1) is 0 Å². The van der Waals surface area contributed by atoms with E-state index >= 15 is 0 Å². The zero-order valence-electron chi connectivity index (χ0n) is 10.5. The van der Waals surface area contributed by atoms with Crippen molar-refractivity contribution in [3.8, 4) is 0 Å². The Hall–Kier alpha value is -1.61. The van der Waals surface area contributed by atoms with Gasteiger partial charge in [0.1, 0.15) is 5.69 Å². The van der Waals surface area contributed by atoms with Crippen LogP contribution >= 0.6 is 11.6 Å². The molecule has 0 bridgehead atoms. The third kappa shape index (κ3) is 2.30. The molecular formula is C15H15ClN2O. The lowest BCUT2D eigenvalue weighted by Crippen LogP contribution is -2.55. The molecule has 1 aromatic carbocycles. The maximum absolute atomic E-state index is 12.2. The van der Waals surface area contributed by atoms with Crippen LogP contribution < -0.4 is 5.32 Å². The van der Waals surface area contributed by atoms with Gasteiger partial charge in [0.25, 0.3) is 5.91 Å². The number of carbonyl (C=O) groups excluding carboxylic acids is 1. The molecule has 19 heavy (non-hydrogen) atoms. The number of alkyl halides is 1. The zero-order chi connectivity index (χ0) is 13.3. The molecule has 3 rings (SSSR count). The lowest BCUT2D eigenvalue weighted by atomic mass is 9.78. The van der Waals surface area contributed by atoms with Gasteiger partial charge in [-0.2, -0.15) is 0 Å². The Bertz CT molecular complexity index is 617. The summed E-state index contributed by atoms with van der Waals surface area (Å²) in [5.41, 5.74) is 1.07. The highest BCUT2D eigenvalue weighted by Crippen LogP contribution is 2.33. The molecule has 1 saturated carbocycles. The van der Waals surface area contributed by atoms with Gasteiger partial charge in [0.05, 0.1) is 11.1 Å². The number of fused-ring (bicyclic) bond motifs is 1. The van der Waals surface area contributed by atoms with Crippen molar-refractivity contribution < 1.29 is 4.79 Å². The highest BCUT2D eigenvalue weighted by atomic mass is 35.5. The topological polar surface area (TPSA) is 42.0 Å². The summed E-state index contributed by atoms with van der Waals surface area (Å²) in [4.78, 5) is 16.6. The van der Waals surface area contributed by atoms with Gasteiger partial charge >= 0.3 is 0 Å². The maximum Gasteiger partial charge on any atom is 0.270 e. The Balaban J connectivity index is 1.85. The molecular weight excluding hydrogens is 260 g/mol. The molecule has 1 N–H and O–H groups in total. The first-order valence-electron chi connectivity index (χ1n) is 6.47. The fraction of sp³-hybridized carbons (Fsp3) is 0.333. The molecule has 0 saturated heterocycles. The Morgan fingerprint density at radius 2 is 2.05 bits per heavy atom. The number of aromatic nitrogens is 1. The summed E-state index contributed by atoms with van der Waals surface area (Å²) in [5.74, 6) is 0.331. The number of halogens is 1. The summed E-state index contributed by atoms with van der Waals surface area (Å²) in [5, 5.41) is 4.06. The fourth-order valence-corrected chi connectivity index (χ4v) is 2.73. The monoisotopic (exact) mass is 274 g/mol. The second-order valence-electron chi connectivity index (χ2n) is 5.11. The van der Waals surface area contributed by atoms with E-state index < -0.39 is 0 Å². The smallest absolute Gasteiger partial charge is 0.270 e. The molecule has 2 aromatic rings. The van der Waals surface area contributed by atoms with E-state index in [0.29, 0.717) is 11.6 Å². The van der Waals surface area contributed by atoms with Crippen LogP contribution in [0.2, 0.25) is 0 Å². The van der Waals surface area contributed by atoms with Gasteiger partial charge in [-0.25, -0.2) is 4.98 Å². The van der Waals surface area contributed by atoms with Crippen LogP contribution in [0.5, 0.6) is 0 Å². The maximum atomic E-state index is 12.2. The van der Waals surface area contributed by atoms with E-state index in [-0.39, 0.29) is 11.4 Å². The molecule has 1 aromatic heterocycles. The molecule has 1 amide bonds. The van der Waals surface area contributed by atoms with Gasteiger partial charge in [0.2, 0.25) is 0 Å². The van der Waals surface area contributed by atoms with Crippen molar-refractivity contribution in [2.75, 3.05) is 5.88 Å². The van der Waals surface area contributed by atoms with E-state index in [9.17, 15) is 4.79 Å². The summed E-state index contributed by atoms with van der Waals surface area (Å²) < 4.78 is 0. The summed E-state index contributed by atoms with van der Waals surface area (Å²) in [6, 6.07) is 11.5. The van der Waals surface area contributed by atoms with E-state index in [1.165, 1.54) is 0 Å². The second-order valence-corrected chi connectivity index (χ2v) is 5.38. The molecule has 98 valence electrons. The minimum absolute atomic E-state index is 0.133. The minimum Gasteiger partial charge on any atom is -0.344 e. The van der Waals surface area contributed by atoms with Crippen molar-refractivity contribution in [2.45, 2.75) is 24.8 Å². The van der Waals surface area contributed by atoms with Crippen LogP contribution in [0.15, 0.2) is 36.4 Å². The summed E-state index contributed by atoms with van der Waals surface area (Å²) in [6.07, 6.45) is 3.03. The predicted octanol–water partition coefficient (Wildman–Crippen LogP) is 3.13. The van der Waals surface area contributed by atoms with Crippen molar-refractivity contribution in [3.63, 3.8) is 0 Å². The van der Waals surface area contributed by atoms with Crippen LogP contribution in [0.4, 0.5) is 0 Å². The predicted molar refractivity (Wildman–Crippen MR) is 76.5 cm³/mol. The van der Waals surface area contributed by atoms with Crippen LogP contribution in [0.25, 0.3) is 10.9 Å². The molecule has 0 aliphatic heterocycles. The largest absolute Gasteiger partial charge is 0.344 e. The van der Waals surface area contributed by atoms with Crippen LogP contribution in [0.3, 0.4) is 0 Å². The van der Waals surface area contributed by atoms with Crippen LogP contribution in [-0.4, -0.2) is 22.3 Å². The van der Waals surface area contributed by atoms with Gasteiger partial charge in [0.15, 0.2) is 0 Å². The number of benzene rings is 1. The normalized spacial score (nSPS) is 16.9. The summed E-state index contributed by atoms with van der Waals surface area (Å²) in [6.45, 7) is 0. The first-order chi connectivity index (χ1) is 9.22. The Morgan fingerprint density at radius 3 is 2.74 bits per heavy atom. The van der Waals surface area contributed by atoms with Crippen molar-refractivity contribution in [1.29, 1.82) is 0 Å². The van der Waals surface area contributed by atoms with Crippen LogP contribution in [0.1, 0.15) is 29.8 Å². The minimum atomic E-state index is -0.216. The van der Waals surface area contributed by atoms with Crippen LogP contribution in [-0.2, 0) is 0 Å². The first kappa shape index (κ1) is 12.4. The van der Waals surface area contributed by atoms with Gasteiger partial charge in [0, 0.05) is 11.3 Å². The van der Waals surface area contributed by atoms with E-state index in [4.69, 9.17) is 11.6 Å². The molecule has 1 heterocycles. The van der Waals surface area contributed by atoms with Gasteiger partial charge < -0.3 is 5.32 Å². The van der Waals surface area contributed by atoms with Gasteiger partial charge in [-0.15, -0.1) is 11.6 Å². The van der Waals surface area contributed by atoms with Crippen molar-refractivity contribution in [1.82, 2.24) is 10.3 Å². The number of hydrogen-bond donors (Lipinski definition) is 1. The first-order valence-corrected chi connectivity index (χ1v) is 7.00. The summed E-state index contributed by atoms with van der Waals surface area (Å²) in [7, 11) is 0. The van der Waals surface area contributed by atoms with Crippen molar-refractivity contribution in [3.05, 3.63) is 42.1 Å². The van der Waals surface area contributed by atoms with E-state index in [1.807, 2.05) is 30.3 Å². The molecule has 0 unspecified atom stereocenters. The third-order valence-corrected chi connectivity index (χ3v) is 4.29. The lowest BCUT2D eigenvalue weighted by molar-refractivity contribution is 0.0849. The van der Waals surface area contributed by atoms with Gasteiger partial charge in [-0.1, -0.05) is 24.3 Å². The van der Waals surface area contributed by atoms with Gasteiger partial charge in [-0.05, 0) is 31.4 Å². The molecule has 0 radical (unpaired) electrons. The SMILES string of the molecule is O=C(NC1(CCl)CCC1)c1ccc2ccccc2n1. The average Bonchev–Trinajstić information content (AvgIpc) is 2.42. The highest BCUT2D eigenvalue weighted by molar-refractivity contribution is 6.19. The molecule has 4 heteroatoms. The van der Waals surface area contributed by atoms with E-state index in [2.05, 4.69) is 10.3 Å². The van der Waals surface area contributed by atoms with E-state index in [0.717, 1.165) is 30.2 Å². The average molecular weight is 275 g/mol. The van der Waals surface area contributed by atoms with E-state index in [1.54, 1.807) is 6.07 Å². The summed E-state index contributed by atoms with van der Waals surface area (Å²) >= 11 is 5.95. The quantitative estimate of drug-likeness (QED) is 0.874. The number of nitrogens with one attached hydrogen (secondary N) is 1. The Kier molecular flexibility index (Phi) is 3.15. The number of carbonyl (C=O) groups is 1. The highest BCUT2D eigenvalue weighted by Gasteiger charge is 2.37. The van der Waals surface area contributed by atoms with Crippen molar-refractivity contribution >= 4 is 28.4 Å². The number of amides is 1. The number of pyridine rings is 1. The molecule has 1 aliphatic rings. The second kappa shape index (κ2) is 4.82. The molecule has 1 aliphatic carbocycles. The van der Waals surface area contributed by atoms with Crippen molar-refractivity contribution in [2.24, 2.45) is 0 Å². The zero-order valence-corrected chi connectivity index (χ0v) is 11.3.